The molecule has 0 aliphatic carbocycles. The first-order valence-corrected chi connectivity index (χ1v) is 7.63. The van der Waals surface area contributed by atoms with E-state index in [1.165, 1.54) is 5.56 Å². The number of benzene rings is 1. The van der Waals surface area contributed by atoms with Crippen LogP contribution in [-0.4, -0.2) is 18.5 Å². The third-order valence-electron chi connectivity index (χ3n) is 3.39. The number of amides is 1. The van der Waals surface area contributed by atoms with E-state index in [1.54, 1.807) is 0 Å². The van der Waals surface area contributed by atoms with Crippen LogP contribution in [0.25, 0.3) is 0 Å². The van der Waals surface area contributed by atoms with Crippen LogP contribution in [0.2, 0.25) is 5.02 Å². The fraction of sp³-hybridized carbons (Fsp3) is 0.562. The molecule has 0 fully saturated rings. The normalized spacial score (nSPS) is 13.8. The van der Waals surface area contributed by atoms with Crippen LogP contribution in [0.5, 0.6) is 0 Å². The van der Waals surface area contributed by atoms with Crippen LogP contribution in [0.4, 0.5) is 0 Å². The summed E-state index contributed by atoms with van der Waals surface area (Å²) >= 11 is 5.85. The Labute approximate surface area is 126 Å². The van der Waals surface area contributed by atoms with E-state index in [4.69, 9.17) is 17.3 Å². The molecule has 1 aromatic rings. The smallest absolute Gasteiger partial charge is 0.220 e. The van der Waals surface area contributed by atoms with Crippen LogP contribution in [-0.2, 0) is 11.2 Å². The first-order chi connectivity index (χ1) is 9.51. The molecule has 3 nitrogen and oxygen atoms in total. The molecule has 0 aliphatic rings. The third kappa shape index (κ3) is 6.92. The van der Waals surface area contributed by atoms with E-state index in [-0.39, 0.29) is 11.9 Å². The lowest BCUT2D eigenvalue weighted by Gasteiger charge is -2.15. The van der Waals surface area contributed by atoms with Crippen molar-refractivity contribution in [1.82, 2.24) is 5.32 Å². The van der Waals surface area contributed by atoms with Gasteiger partial charge < -0.3 is 11.1 Å². The van der Waals surface area contributed by atoms with Crippen LogP contribution in [0.3, 0.4) is 0 Å². The Hall–Kier alpha value is -1.06. The summed E-state index contributed by atoms with van der Waals surface area (Å²) in [5, 5.41) is 3.77. The standard InChI is InChI=1S/C16H25ClN2O/c1-12(9-10-18)3-8-16(20)19-13(2)11-14-4-6-15(17)7-5-14/h4-7,12-13H,3,8-11,18H2,1-2H3,(H,19,20). The molecule has 20 heavy (non-hydrogen) atoms. The van der Waals surface area contributed by atoms with Crippen molar-refractivity contribution in [1.29, 1.82) is 0 Å². The van der Waals surface area contributed by atoms with Crippen molar-refractivity contribution in [3.8, 4) is 0 Å². The van der Waals surface area contributed by atoms with E-state index in [0.29, 0.717) is 18.9 Å². The summed E-state index contributed by atoms with van der Waals surface area (Å²) < 4.78 is 0. The molecule has 4 heteroatoms. The second-order valence-electron chi connectivity index (χ2n) is 5.52. The highest BCUT2D eigenvalue weighted by atomic mass is 35.5. The summed E-state index contributed by atoms with van der Waals surface area (Å²) in [4.78, 5) is 11.8. The molecule has 3 N–H and O–H groups in total. The van der Waals surface area contributed by atoms with Crippen molar-refractivity contribution in [2.75, 3.05) is 6.54 Å². The number of hydrogen-bond donors (Lipinski definition) is 2. The molecular weight excluding hydrogens is 272 g/mol. The second-order valence-corrected chi connectivity index (χ2v) is 5.96. The fourth-order valence-corrected chi connectivity index (χ4v) is 2.30. The third-order valence-corrected chi connectivity index (χ3v) is 3.64. The van der Waals surface area contributed by atoms with Crippen molar-refractivity contribution in [2.24, 2.45) is 11.7 Å². The zero-order chi connectivity index (χ0) is 15.0. The van der Waals surface area contributed by atoms with Gasteiger partial charge in [0.25, 0.3) is 0 Å². The summed E-state index contributed by atoms with van der Waals surface area (Å²) in [7, 11) is 0. The summed E-state index contributed by atoms with van der Waals surface area (Å²) in [6.07, 6.45) is 3.28. The van der Waals surface area contributed by atoms with Crippen LogP contribution >= 0.6 is 11.6 Å². The minimum absolute atomic E-state index is 0.121. The Kier molecular flexibility index (Phi) is 7.63. The Morgan fingerprint density at radius 1 is 1.25 bits per heavy atom. The van der Waals surface area contributed by atoms with E-state index in [9.17, 15) is 4.79 Å². The lowest BCUT2D eigenvalue weighted by atomic mass is 10.0. The van der Waals surface area contributed by atoms with Gasteiger partial charge in [0.1, 0.15) is 0 Å². The number of halogens is 1. The van der Waals surface area contributed by atoms with Crippen LogP contribution < -0.4 is 11.1 Å². The predicted molar refractivity (Wildman–Crippen MR) is 84.8 cm³/mol. The lowest BCUT2D eigenvalue weighted by molar-refractivity contribution is -0.121. The van der Waals surface area contributed by atoms with Gasteiger partial charge in [0.05, 0.1) is 0 Å². The molecule has 2 unspecified atom stereocenters. The number of nitrogens with two attached hydrogens (primary N) is 1. The van der Waals surface area contributed by atoms with Crippen molar-refractivity contribution < 1.29 is 4.79 Å². The van der Waals surface area contributed by atoms with E-state index >= 15 is 0 Å². The van der Waals surface area contributed by atoms with Gasteiger partial charge in [-0.25, -0.2) is 0 Å². The molecule has 0 aromatic heterocycles. The topological polar surface area (TPSA) is 55.1 Å². The predicted octanol–water partition coefficient (Wildman–Crippen LogP) is 3.15. The lowest BCUT2D eigenvalue weighted by Crippen LogP contribution is -2.34. The maximum atomic E-state index is 11.8. The Morgan fingerprint density at radius 3 is 2.50 bits per heavy atom. The van der Waals surface area contributed by atoms with Gasteiger partial charge in [-0.1, -0.05) is 30.7 Å². The maximum absolute atomic E-state index is 11.8. The summed E-state index contributed by atoms with van der Waals surface area (Å²) in [6.45, 7) is 4.85. The van der Waals surface area contributed by atoms with Crippen LogP contribution in [0.15, 0.2) is 24.3 Å². The van der Waals surface area contributed by atoms with Gasteiger partial charge in [0, 0.05) is 17.5 Å². The Bertz CT molecular complexity index is 405. The number of nitrogens with one attached hydrogen (secondary N) is 1. The Balaban J connectivity index is 2.29. The number of carbonyl (C=O) groups is 1. The fourth-order valence-electron chi connectivity index (χ4n) is 2.18. The van der Waals surface area contributed by atoms with E-state index in [2.05, 4.69) is 12.2 Å². The molecule has 112 valence electrons. The van der Waals surface area contributed by atoms with E-state index < -0.39 is 0 Å². The quantitative estimate of drug-likeness (QED) is 0.774. The first kappa shape index (κ1) is 17.0. The SMILES string of the molecule is CC(CCN)CCC(=O)NC(C)Cc1ccc(Cl)cc1. The summed E-state index contributed by atoms with van der Waals surface area (Å²) in [5.74, 6) is 0.632. The van der Waals surface area contributed by atoms with Crippen LogP contribution in [0, 0.1) is 5.92 Å². The minimum atomic E-state index is 0.121. The molecule has 0 radical (unpaired) electrons. The van der Waals surface area contributed by atoms with Crippen molar-refractivity contribution in [3.63, 3.8) is 0 Å². The number of carbonyl (C=O) groups excluding carboxylic acids is 1. The van der Waals surface area contributed by atoms with Gasteiger partial charge in [0.15, 0.2) is 0 Å². The van der Waals surface area contributed by atoms with Crippen molar-refractivity contribution in [2.45, 2.75) is 45.6 Å². The molecule has 1 rings (SSSR count). The number of rotatable bonds is 8. The molecule has 1 aromatic carbocycles. The first-order valence-electron chi connectivity index (χ1n) is 7.25. The van der Waals surface area contributed by atoms with Gasteiger partial charge in [-0.3, -0.25) is 4.79 Å². The van der Waals surface area contributed by atoms with Gasteiger partial charge in [-0.15, -0.1) is 0 Å². The maximum Gasteiger partial charge on any atom is 0.220 e. The van der Waals surface area contributed by atoms with Gasteiger partial charge in [-0.2, -0.15) is 0 Å². The van der Waals surface area contributed by atoms with Gasteiger partial charge in [0.2, 0.25) is 5.91 Å². The Morgan fingerprint density at radius 2 is 1.90 bits per heavy atom. The summed E-state index contributed by atoms with van der Waals surface area (Å²) in [5.41, 5.74) is 6.68. The highest BCUT2D eigenvalue weighted by molar-refractivity contribution is 6.30. The minimum Gasteiger partial charge on any atom is -0.353 e. The van der Waals surface area contributed by atoms with Gasteiger partial charge in [-0.05, 0) is 56.3 Å². The molecule has 0 aliphatic heterocycles. The molecule has 0 bridgehead atoms. The monoisotopic (exact) mass is 296 g/mol. The average Bonchev–Trinajstić information content (AvgIpc) is 2.39. The van der Waals surface area contributed by atoms with E-state index in [0.717, 1.165) is 24.3 Å². The van der Waals surface area contributed by atoms with Crippen molar-refractivity contribution in [3.05, 3.63) is 34.9 Å². The van der Waals surface area contributed by atoms with E-state index in [1.807, 2.05) is 31.2 Å². The zero-order valence-electron chi connectivity index (χ0n) is 12.4. The second kappa shape index (κ2) is 8.98. The highest BCUT2D eigenvalue weighted by Gasteiger charge is 2.10. The average molecular weight is 297 g/mol. The molecule has 0 heterocycles. The zero-order valence-corrected chi connectivity index (χ0v) is 13.1. The molecule has 0 saturated heterocycles. The molecule has 0 spiro atoms. The molecule has 0 saturated carbocycles. The van der Waals surface area contributed by atoms with Crippen LogP contribution in [0.1, 0.15) is 38.7 Å². The molecule has 2 atom stereocenters. The number of hydrogen-bond acceptors (Lipinski definition) is 2. The molecular formula is C16H25ClN2O. The summed E-state index contributed by atoms with van der Waals surface area (Å²) in [6, 6.07) is 7.87. The van der Waals surface area contributed by atoms with Crippen molar-refractivity contribution >= 4 is 17.5 Å². The van der Waals surface area contributed by atoms with Gasteiger partial charge >= 0.3 is 0 Å². The highest BCUT2D eigenvalue weighted by Crippen LogP contribution is 2.12. The largest absolute Gasteiger partial charge is 0.353 e. The molecule has 1 amide bonds.